The van der Waals surface area contributed by atoms with Crippen molar-refractivity contribution in [2.24, 2.45) is 55.1 Å². The Bertz CT molecular complexity index is 1980. The molecule has 498 valence electrons. The number of rotatable bonds is 58. The summed E-state index contributed by atoms with van der Waals surface area (Å²) < 4.78 is 0. The van der Waals surface area contributed by atoms with Crippen molar-refractivity contribution in [2.75, 3.05) is 45.8 Å². The Morgan fingerprint density at radius 2 is 0.724 bits per heavy atom. The van der Waals surface area contributed by atoms with Crippen molar-refractivity contribution < 1.29 is 33.6 Å². The number of nitrogens with zero attached hydrogens (tertiary/aromatic N) is 4. The molecule has 19 N–H and O–H groups in total. The van der Waals surface area contributed by atoms with Crippen LogP contribution in [0.3, 0.4) is 0 Å². The molecule has 0 aromatic carbocycles. The van der Waals surface area contributed by atoms with Crippen molar-refractivity contribution in [1.29, 1.82) is 0 Å². The quantitative estimate of drug-likeness (QED) is 0.0101. The molecule has 0 aliphatic heterocycles. The van der Waals surface area contributed by atoms with E-state index >= 15 is 0 Å². The van der Waals surface area contributed by atoms with Crippen LogP contribution in [-0.2, 0) is 33.6 Å². The van der Waals surface area contributed by atoms with Crippen molar-refractivity contribution in [3.63, 3.8) is 0 Å². The van der Waals surface area contributed by atoms with Gasteiger partial charge in [-0.05, 0) is 116 Å². The molecule has 87 heavy (non-hydrogen) atoms. The van der Waals surface area contributed by atoms with Crippen molar-refractivity contribution in [3.8, 4) is 0 Å². The van der Waals surface area contributed by atoms with E-state index in [4.69, 9.17) is 40.1 Å². The normalized spacial score (nSPS) is 12.3. The predicted molar refractivity (Wildman–Crippen MR) is 355 cm³/mol. The van der Waals surface area contributed by atoms with Crippen LogP contribution in [0.25, 0.3) is 0 Å². The Morgan fingerprint density at radius 3 is 1.09 bits per heavy atom. The van der Waals surface area contributed by atoms with Crippen LogP contribution in [0.2, 0.25) is 0 Å². The Labute approximate surface area is 522 Å². The number of nitrogens with two attached hydrogens (primary N) is 7. The number of nitrogens with one attached hydrogen (secondary N) is 5. The van der Waals surface area contributed by atoms with Crippen LogP contribution in [0.4, 0.5) is 0 Å². The maximum atomic E-state index is 14.0. The second-order valence-corrected chi connectivity index (χ2v) is 22.7. The van der Waals surface area contributed by atoms with Gasteiger partial charge in [-0.1, -0.05) is 141 Å². The minimum Gasteiger partial charge on any atom is -0.370 e. The van der Waals surface area contributed by atoms with Gasteiger partial charge in [-0.3, -0.25) is 48.5 Å². The first-order valence-electron chi connectivity index (χ1n) is 33.2. The first-order valence-corrected chi connectivity index (χ1v) is 33.2. The van der Waals surface area contributed by atoms with Crippen LogP contribution >= 0.6 is 0 Å². The fraction of sp³-hybridized carbons (Fsp3) is 0.750. The highest BCUT2D eigenvalue weighted by Crippen LogP contribution is 2.13. The van der Waals surface area contributed by atoms with Gasteiger partial charge in [0.05, 0.1) is 0 Å². The zero-order chi connectivity index (χ0) is 64.4. The molecule has 0 aliphatic carbocycles. The number of unbranched alkanes of at least 4 members (excludes halogenated alkanes) is 22. The number of amides is 7. The van der Waals surface area contributed by atoms with E-state index in [2.05, 4.69) is 79.7 Å². The molecule has 0 radical (unpaired) electrons. The third-order valence-corrected chi connectivity index (χ3v) is 14.6. The third-order valence-electron chi connectivity index (χ3n) is 14.6. The van der Waals surface area contributed by atoms with Crippen LogP contribution in [0, 0.1) is 0 Å². The first kappa shape index (κ1) is 80.3. The number of primary amides is 1. The summed E-state index contributed by atoms with van der Waals surface area (Å²) in [6.07, 6.45) is 44.6. The standard InChI is InChI=1S/C64H120N16O7/c1-3-5-7-9-11-13-15-17-19-21-23-25-27-29-31-41-55(81)72-48-36-50-80(51-37-49-73-56(82)42-32-30-28-26-24-22-20-18-16-14-12-10-8-6-4-2)58(84)44-43-57(83)77-53(39-34-46-75-63(68)69)60(86)79-54(40-35-47-76-64(70)71)61(87)78-52(59(65)85)38-33-45-74-62(66)67/h17-20,43-44,52-54H,3-16,21-42,45-51H2,1-2H3,(H2,65,85)(H,72,81)(H,73,82)(H,77,83)(H,78,87)(H,79,86)(H4,66,67,74)(H4,68,69,75)(H4,70,71,76)/b19-17-,20-18-,44-43-/t52-,53-,54-/m0/s1. The lowest BCUT2D eigenvalue weighted by molar-refractivity contribution is -0.133. The monoisotopic (exact) mass is 1220 g/mol. The summed E-state index contributed by atoms with van der Waals surface area (Å²) in [6, 6.07) is -3.60. The molecular formula is C64H120N16O7. The number of hydrogen-bond acceptors (Lipinski definition) is 10. The van der Waals surface area contributed by atoms with Gasteiger partial charge in [-0.15, -0.1) is 0 Å². The van der Waals surface area contributed by atoms with E-state index < -0.39 is 47.7 Å². The molecule has 0 fully saturated rings. The topological polar surface area (TPSA) is 402 Å². The Hall–Kier alpha value is -6.68. The van der Waals surface area contributed by atoms with Crippen molar-refractivity contribution in [3.05, 3.63) is 36.5 Å². The average Bonchev–Trinajstić information content (AvgIpc) is 3.64. The molecule has 0 saturated carbocycles. The largest absolute Gasteiger partial charge is 0.370 e. The number of aliphatic imine (C=N–C) groups is 3. The van der Waals surface area contributed by atoms with Gasteiger partial charge in [0.1, 0.15) is 18.1 Å². The fourth-order valence-corrected chi connectivity index (χ4v) is 9.57. The number of guanidine groups is 3. The minimum atomic E-state index is -1.24. The molecule has 0 aliphatic rings. The molecule has 23 nitrogen and oxygen atoms in total. The van der Waals surface area contributed by atoms with Gasteiger partial charge in [0.15, 0.2) is 17.9 Å². The van der Waals surface area contributed by atoms with E-state index in [0.717, 1.165) is 102 Å². The van der Waals surface area contributed by atoms with E-state index in [1.165, 1.54) is 77.0 Å². The van der Waals surface area contributed by atoms with Crippen molar-refractivity contribution >= 4 is 59.2 Å². The summed E-state index contributed by atoms with van der Waals surface area (Å²) in [6.45, 7) is 6.10. The lowest BCUT2D eigenvalue weighted by Gasteiger charge is -2.24. The summed E-state index contributed by atoms with van der Waals surface area (Å²) in [5.41, 5.74) is 38.5. The highest BCUT2D eigenvalue weighted by Gasteiger charge is 2.29. The molecule has 0 unspecified atom stereocenters. The number of hydrogen-bond donors (Lipinski definition) is 12. The van der Waals surface area contributed by atoms with E-state index in [1.54, 1.807) is 4.90 Å². The van der Waals surface area contributed by atoms with Gasteiger partial charge in [-0.25, -0.2) is 0 Å². The van der Waals surface area contributed by atoms with E-state index in [0.29, 0.717) is 45.2 Å². The van der Waals surface area contributed by atoms with Crippen LogP contribution in [0.15, 0.2) is 51.4 Å². The van der Waals surface area contributed by atoms with Gasteiger partial charge in [0.2, 0.25) is 41.4 Å². The molecule has 0 saturated heterocycles. The van der Waals surface area contributed by atoms with Crippen LogP contribution in [0.1, 0.15) is 245 Å². The Balaban J connectivity index is 5.76. The molecule has 0 aromatic rings. The fourth-order valence-electron chi connectivity index (χ4n) is 9.57. The van der Waals surface area contributed by atoms with Gasteiger partial charge in [0, 0.05) is 70.8 Å². The second kappa shape index (κ2) is 57.1. The number of carbonyl (C=O) groups excluding carboxylic acids is 7. The first-order chi connectivity index (χ1) is 42.0. The minimum absolute atomic E-state index is 0.0191. The van der Waals surface area contributed by atoms with Gasteiger partial charge < -0.3 is 71.6 Å². The molecule has 0 aromatic heterocycles. The van der Waals surface area contributed by atoms with Crippen molar-refractivity contribution in [1.82, 2.24) is 31.5 Å². The van der Waals surface area contributed by atoms with E-state index in [1.807, 2.05) is 0 Å². The maximum absolute atomic E-state index is 14.0. The lowest BCUT2D eigenvalue weighted by Crippen LogP contribution is -2.56. The molecular weight excluding hydrogens is 1100 g/mol. The SMILES string of the molecule is CCCCCCCC/C=C\CCCCCCCC(=O)NCCCN(CCCNC(=O)CCCCCCC/C=C\CCCCCCCC)C(=O)/C=C\C(=O)N[C@@H](CCCN=C(N)N)C(=O)N[C@@H](CCCN=C(N)N)C(=O)N[C@@H](CCCN=C(N)N)C(N)=O. The van der Waals surface area contributed by atoms with Crippen LogP contribution in [-0.4, -0.2) is 128 Å². The van der Waals surface area contributed by atoms with E-state index in [-0.39, 0.29) is 94.5 Å². The van der Waals surface area contributed by atoms with E-state index in [9.17, 15) is 33.6 Å². The van der Waals surface area contributed by atoms with Gasteiger partial charge in [-0.2, -0.15) is 0 Å². The molecule has 3 atom stereocenters. The molecule has 0 spiro atoms. The zero-order valence-corrected chi connectivity index (χ0v) is 53.8. The summed E-state index contributed by atoms with van der Waals surface area (Å²) in [4.78, 5) is 106. The summed E-state index contributed by atoms with van der Waals surface area (Å²) in [5.74, 6) is -4.13. The van der Waals surface area contributed by atoms with Crippen molar-refractivity contribution in [2.45, 2.75) is 263 Å². The van der Waals surface area contributed by atoms with Gasteiger partial charge >= 0.3 is 0 Å². The Kier molecular flexibility index (Phi) is 52.7. The van der Waals surface area contributed by atoms with Gasteiger partial charge in [0.25, 0.3) is 0 Å². The Morgan fingerprint density at radius 1 is 0.391 bits per heavy atom. The second-order valence-electron chi connectivity index (χ2n) is 22.7. The lowest BCUT2D eigenvalue weighted by atomic mass is 10.1. The summed E-state index contributed by atoms with van der Waals surface area (Å²) >= 11 is 0. The number of carbonyl (C=O) groups is 7. The van der Waals surface area contributed by atoms with Crippen LogP contribution < -0.4 is 66.7 Å². The predicted octanol–water partition coefficient (Wildman–Crippen LogP) is 6.56. The summed E-state index contributed by atoms with van der Waals surface area (Å²) in [7, 11) is 0. The summed E-state index contributed by atoms with van der Waals surface area (Å²) in [5, 5.41) is 13.9. The molecule has 0 bridgehead atoms. The zero-order valence-electron chi connectivity index (χ0n) is 53.8. The highest BCUT2D eigenvalue weighted by molar-refractivity contribution is 5.99. The molecule has 0 rings (SSSR count). The average molecular weight is 1230 g/mol. The molecule has 23 heteroatoms. The smallest absolute Gasteiger partial charge is 0.246 e. The van der Waals surface area contributed by atoms with Crippen LogP contribution in [0.5, 0.6) is 0 Å². The highest BCUT2D eigenvalue weighted by atomic mass is 16.2. The molecule has 7 amide bonds. The molecule has 0 heterocycles. The third kappa shape index (κ3) is 52.2. The number of allylic oxidation sites excluding steroid dienone is 4. The maximum Gasteiger partial charge on any atom is 0.246 e.